The lowest BCUT2D eigenvalue weighted by molar-refractivity contribution is 0.0662. The zero-order valence-corrected chi connectivity index (χ0v) is 11.5. The van der Waals surface area contributed by atoms with Crippen LogP contribution in [0.1, 0.15) is 20.7 Å². The van der Waals surface area contributed by atoms with E-state index < -0.39 is 5.97 Å². The first-order chi connectivity index (χ1) is 10.2. The molecule has 2 aromatic rings. The van der Waals surface area contributed by atoms with Crippen LogP contribution in [0.5, 0.6) is 5.75 Å². The van der Waals surface area contributed by atoms with Gasteiger partial charge in [0.1, 0.15) is 5.75 Å². The number of hydrogen-bond acceptors (Lipinski definition) is 4. The maximum Gasteiger partial charge on any atom is 0.342 e. The minimum Gasteiger partial charge on any atom is -0.497 e. The molecule has 2 aromatic carbocycles. The van der Waals surface area contributed by atoms with Crippen LogP contribution in [-0.4, -0.2) is 18.9 Å². The van der Waals surface area contributed by atoms with E-state index in [0.29, 0.717) is 16.9 Å². The summed E-state index contributed by atoms with van der Waals surface area (Å²) in [7, 11) is 1.55. The number of ether oxygens (including phenoxy) is 2. The van der Waals surface area contributed by atoms with Crippen molar-refractivity contribution < 1.29 is 19.1 Å². The Morgan fingerprint density at radius 2 is 1.57 bits per heavy atom. The molecule has 0 atom stereocenters. The van der Waals surface area contributed by atoms with Crippen molar-refractivity contribution in [2.45, 2.75) is 0 Å². The lowest BCUT2D eigenvalue weighted by Gasteiger charge is -2.01. The second kappa shape index (κ2) is 7.05. The third kappa shape index (κ3) is 4.04. The van der Waals surface area contributed by atoms with Gasteiger partial charge in [-0.05, 0) is 24.3 Å². The number of benzene rings is 2. The molecule has 4 nitrogen and oxygen atoms in total. The number of esters is 1. The molecule has 0 spiro atoms. The van der Waals surface area contributed by atoms with Gasteiger partial charge in [-0.2, -0.15) is 0 Å². The van der Waals surface area contributed by atoms with Gasteiger partial charge in [0.2, 0.25) is 0 Å². The summed E-state index contributed by atoms with van der Waals surface area (Å²) in [4.78, 5) is 23.5. The molecule has 2 rings (SSSR count). The van der Waals surface area contributed by atoms with Crippen LogP contribution in [0.15, 0.2) is 66.9 Å². The molecule has 0 aliphatic heterocycles. The topological polar surface area (TPSA) is 52.6 Å². The molecule has 0 fully saturated rings. The Bertz CT molecular complexity index is 642. The zero-order chi connectivity index (χ0) is 15.1. The van der Waals surface area contributed by atoms with E-state index in [1.165, 1.54) is 6.08 Å². The summed E-state index contributed by atoms with van der Waals surface area (Å²) >= 11 is 0. The highest BCUT2D eigenvalue weighted by Crippen LogP contribution is 2.12. The van der Waals surface area contributed by atoms with Gasteiger partial charge in [-0.1, -0.05) is 30.3 Å². The van der Waals surface area contributed by atoms with Crippen LogP contribution in [0.25, 0.3) is 0 Å². The van der Waals surface area contributed by atoms with Crippen molar-refractivity contribution in [3.63, 3.8) is 0 Å². The number of carbonyl (C=O) groups is 2. The highest BCUT2D eigenvalue weighted by atomic mass is 16.5. The monoisotopic (exact) mass is 282 g/mol. The van der Waals surface area contributed by atoms with E-state index in [9.17, 15) is 9.59 Å². The maximum atomic E-state index is 11.8. The SMILES string of the molecule is COc1ccc(C(=O)OC=CC(=O)c2ccccc2)cc1. The average Bonchev–Trinajstić information content (AvgIpc) is 2.55. The molecule has 0 aliphatic rings. The molecule has 0 amide bonds. The lowest BCUT2D eigenvalue weighted by atomic mass is 10.1. The van der Waals surface area contributed by atoms with Crippen molar-refractivity contribution in [2.75, 3.05) is 7.11 Å². The van der Waals surface area contributed by atoms with Crippen molar-refractivity contribution >= 4 is 11.8 Å². The fourth-order valence-corrected chi connectivity index (χ4v) is 1.65. The minimum atomic E-state index is -0.533. The highest BCUT2D eigenvalue weighted by molar-refractivity contribution is 6.04. The molecule has 0 unspecified atom stereocenters. The Labute approximate surface area is 122 Å². The number of carbonyl (C=O) groups excluding carboxylic acids is 2. The van der Waals surface area contributed by atoms with E-state index in [2.05, 4.69) is 0 Å². The number of rotatable bonds is 5. The first kappa shape index (κ1) is 14.5. The molecule has 0 aromatic heterocycles. The van der Waals surface area contributed by atoms with Crippen LogP contribution in [0, 0.1) is 0 Å². The third-order valence-corrected chi connectivity index (χ3v) is 2.78. The molecule has 21 heavy (non-hydrogen) atoms. The van der Waals surface area contributed by atoms with Gasteiger partial charge >= 0.3 is 5.97 Å². The summed E-state index contributed by atoms with van der Waals surface area (Å²) in [6.07, 6.45) is 2.32. The van der Waals surface area contributed by atoms with Crippen LogP contribution < -0.4 is 4.74 Å². The van der Waals surface area contributed by atoms with Crippen molar-refractivity contribution in [1.82, 2.24) is 0 Å². The summed E-state index contributed by atoms with van der Waals surface area (Å²) < 4.78 is 9.91. The van der Waals surface area contributed by atoms with Gasteiger partial charge in [0.05, 0.1) is 18.9 Å². The summed E-state index contributed by atoms with van der Waals surface area (Å²) in [5.74, 6) is -0.103. The molecule has 0 bridgehead atoms. The fraction of sp³-hybridized carbons (Fsp3) is 0.0588. The first-order valence-corrected chi connectivity index (χ1v) is 6.31. The summed E-state index contributed by atoms with van der Waals surface area (Å²) in [6.45, 7) is 0. The number of hydrogen-bond donors (Lipinski definition) is 0. The normalized spacial score (nSPS) is 10.3. The second-order valence-corrected chi connectivity index (χ2v) is 4.17. The van der Waals surface area contributed by atoms with E-state index >= 15 is 0 Å². The van der Waals surface area contributed by atoms with Gasteiger partial charge in [0.25, 0.3) is 0 Å². The van der Waals surface area contributed by atoms with E-state index in [4.69, 9.17) is 9.47 Å². The van der Waals surface area contributed by atoms with Gasteiger partial charge < -0.3 is 9.47 Å². The zero-order valence-electron chi connectivity index (χ0n) is 11.5. The highest BCUT2D eigenvalue weighted by Gasteiger charge is 2.06. The maximum absolute atomic E-state index is 11.8. The van der Waals surface area contributed by atoms with Crippen molar-refractivity contribution in [3.8, 4) is 5.75 Å². The van der Waals surface area contributed by atoms with Crippen LogP contribution in [0.4, 0.5) is 0 Å². The lowest BCUT2D eigenvalue weighted by Crippen LogP contribution is -2.01. The van der Waals surface area contributed by atoms with Crippen LogP contribution in [0.2, 0.25) is 0 Å². The van der Waals surface area contributed by atoms with E-state index in [-0.39, 0.29) is 5.78 Å². The predicted octanol–water partition coefficient (Wildman–Crippen LogP) is 3.25. The number of ketones is 1. The predicted molar refractivity (Wildman–Crippen MR) is 78.3 cm³/mol. The molecule has 0 N–H and O–H groups in total. The Balaban J connectivity index is 1.94. The molecule has 0 radical (unpaired) electrons. The Morgan fingerprint density at radius 3 is 2.19 bits per heavy atom. The molecule has 0 saturated heterocycles. The smallest absolute Gasteiger partial charge is 0.342 e. The molecular weight excluding hydrogens is 268 g/mol. The summed E-state index contributed by atoms with van der Waals surface area (Å²) in [6, 6.07) is 15.3. The van der Waals surface area contributed by atoms with Gasteiger partial charge in [0, 0.05) is 11.6 Å². The molecule has 0 saturated carbocycles. The van der Waals surface area contributed by atoms with Gasteiger partial charge in [-0.3, -0.25) is 4.79 Å². The Hall–Kier alpha value is -2.88. The van der Waals surface area contributed by atoms with E-state index in [1.54, 1.807) is 55.6 Å². The number of methoxy groups -OCH3 is 1. The van der Waals surface area contributed by atoms with Crippen LogP contribution in [-0.2, 0) is 4.74 Å². The molecule has 106 valence electrons. The second-order valence-electron chi connectivity index (χ2n) is 4.17. The van der Waals surface area contributed by atoms with E-state index in [1.807, 2.05) is 6.07 Å². The van der Waals surface area contributed by atoms with Crippen LogP contribution in [0.3, 0.4) is 0 Å². The van der Waals surface area contributed by atoms with Crippen LogP contribution >= 0.6 is 0 Å². The van der Waals surface area contributed by atoms with Crippen molar-refractivity contribution in [2.24, 2.45) is 0 Å². The average molecular weight is 282 g/mol. The molecule has 0 heterocycles. The van der Waals surface area contributed by atoms with Gasteiger partial charge in [-0.15, -0.1) is 0 Å². The summed E-state index contributed by atoms with van der Waals surface area (Å²) in [5.41, 5.74) is 0.918. The number of allylic oxidation sites excluding steroid dienone is 1. The van der Waals surface area contributed by atoms with Crippen molar-refractivity contribution in [1.29, 1.82) is 0 Å². The Morgan fingerprint density at radius 1 is 0.905 bits per heavy atom. The van der Waals surface area contributed by atoms with E-state index in [0.717, 1.165) is 6.26 Å². The standard InChI is InChI=1S/C17H14O4/c1-20-15-9-7-14(8-10-15)17(19)21-12-11-16(18)13-5-3-2-4-6-13/h2-12H,1H3. The minimum absolute atomic E-state index is 0.224. The molecule has 0 aliphatic carbocycles. The Kier molecular flexibility index (Phi) is 4.88. The molecule has 4 heteroatoms. The van der Waals surface area contributed by atoms with Gasteiger partial charge in [-0.25, -0.2) is 4.79 Å². The first-order valence-electron chi connectivity index (χ1n) is 6.31. The van der Waals surface area contributed by atoms with Crippen molar-refractivity contribution in [3.05, 3.63) is 78.1 Å². The van der Waals surface area contributed by atoms with Gasteiger partial charge in [0.15, 0.2) is 5.78 Å². The molecular formula is C17H14O4. The third-order valence-electron chi connectivity index (χ3n) is 2.78. The summed E-state index contributed by atoms with van der Waals surface area (Å²) in [5, 5.41) is 0. The largest absolute Gasteiger partial charge is 0.497 e. The quantitative estimate of drug-likeness (QED) is 0.365. The fourth-order valence-electron chi connectivity index (χ4n) is 1.65.